The lowest BCUT2D eigenvalue weighted by Gasteiger charge is -1.98. The molecule has 62 valence electrons. The lowest BCUT2D eigenvalue weighted by atomic mass is 10.8. The van der Waals surface area contributed by atoms with Gasteiger partial charge in [-0.05, 0) is 0 Å². The fraction of sp³-hybridized carbons (Fsp3) is 0.250. The average molecular weight is 193 g/mol. The van der Waals surface area contributed by atoms with Gasteiger partial charge in [0.15, 0.2) is 0 Å². The van der Waals surface area contributed by atoms with E-state index in [1.807, 2.05) is 0 Å². The van der Waals surface area contributed by atoms with Gasteiger partial charge >= 0.3 is 0 Å². The van der Waals surface area contributed by atoms with Gasteiger partial charge < -0.3 is 4.42 Å². The van der Waals surface area contributed by atoms with E-state index < -0.39 is 0 Å². The van der Waals surface area contributed by atoms with Crippen molar-refractivity contribution in [3.05, 3.63) is 12.8 Å². The minimum atomic E-state index is -0.179. The molecule has 1 aromatic rings. The van der Waals surface area contributed by atoms with Crippen LogP contribution in [0.2, 0.25) is 0 Å². The Morgan fingerprint density at radius 2 is 1.82 bits per heavy atom. The van der Waals surface area contributed by atoms with Gasteiger partial charge in [0, 0.05) is 6.92 Å². The smallest absolute Gasteiger partial charge is 0.239 e. The summed E-state index contributed by atoms with van der Waals surface area (Å²) in [7, 11) is 0. The second-order valence-corrected chi connectivity index (χ2v) is 2.50. The van der Waals surface area contributed by atoms with Crippen molar-refractivity contribution in [2.75, 3.05) is 0 Å². The zero-order chi connectivity index (χ0) is 8.69. The molecule has 1 aromatic heterocycles. The standard InChI is InChI=1S/C2H2N2O.C2H5NOS2/c1-3-4-2-5-1;1-2(4)3(5)6/h1-2H;5-6H,1H3. The van der Waals surface area contributed by atoms with Gasteiger partial charge in [-0.3, -0.25) is 4.79 Å². The summed E-state index contributed by atoms with van der Waals surface area (Å²) in [5.41, 5.74) is 0. The number of hydrogen-bond donors (Lipinski definition) is 2. The lowest BCUT2D eigenvalue weighted by Crippen LogP contribution is -2.03. The van der Waals surface area contributed by atoms with Gasteiger partial charge in [0.05, 0.1) is 0 Å². The Balaban J connectivity index is 0.000000183. The van der Waals surface area contributed by atoms with Gasteiger partial charge in [-0.15, -0.1) is 10.2 Å². The fourth-order valence-electron chi connectivity index (χ4n) is 0.136. The maximum absolute atomic E-state index is 9.92. The molecule has 0 N–H and O–H groups in total. The highest BCUT2D eigenvalue weighted by Crippen LogP contribution is 1.94. The van der Waals surface area contributed by atoms with Gasteiger partial charge in [0.1, 0.15) is 0 Å². The molecule has 0 saturated heterocycles. The van der Waals surface area contributed by atoms with Crippen LogP contribution in [-0.4, -0.2) is 19.8 Å². The molecule has 0 fully saturated rings. The molecule has 0 atom stereocenters. The molecule has 11 heavy (non-hydrogen) atoms. The third kappa shape index (κ3) is 7.20. The van der Waals surface area contributed by atoms with Crippen LogP contribution in [0.1, 0.15) is 6.92 Å². The van der Waals surface area contributed by atoms with E-state index in [4.69, 9.17) is 0 Å². The van der Waals surface area contributed by atoms with Crippen LogP contribution < -0.4 is 0 Å². The first-order valence-electron chi connectivity index (χ1n) is 2.52. The van der Waals surface area contributed by atoms with E-state index in [9.17, 15) is 4.79 Å². The van der Waals surface area contributed by atoms with Gasteiger partial charge in [0.2, 0.25) is 18.7 Å². The minimum absolute atomic E-state index is 0.179. The number of nitrogens with zero attached hydrogens (tertiary/aromatic N) is 3. The van der Waals surface area contributed by atoms with Crippen molar-refractivity contribution in [2.24, 2.45) is 0 Å². The predicted octanol–water partition coefficient (Wildman–Crippen LogP) is 0.594. The molecule has 1 rings (SSSR count). The van der Waals surface area contributed by atoms with Crippen LogP contribution in [0.4, 0.5) is 0 Å². The third-order valence-electron chi connectivity index (χ3n) is 0.564. The molecule has 5 nitrogen and oxygen atoms in total. The zero-order valence-electron chi connectivity index (χ0n) is 5.71. The molecule has 1 heterocycles. The fourth-order valence-corrected chi connectivity index (χ4v) is 0.136. The summed E-state index contributed by atoms with van der Waals surface area (Å²) in [6.45, 7) is 1.38. The van der Waals surface area contributed by atoms with Gasteiger partial charge in [-0.1, -0.05) is 25.6 Å². The largest absolute Gasteiger partial charge is 0.431 e. The van der Waals surface area contributed by atoms with E-state index in [-0.39, 0.29) is 5.91 Å². The highest BCUT2D eigenvalue weighted by atomic mass is 32.2. The Bertz CT molecular complexity index is 172. The molecule has 0 aliphatic rings. The van der Waals surface area contributed by atoms with E-state index in [1.165, 1.54) is 19.7 Å². The number of rotatable bonds is 0. The predicted molar refractivity (Wildman–Crippen MR) is 44.8 cm³/mol. The first-order chi connectivity index (χ1) is 5.14. The number of thiol groups is 2. The minimum Gasteiger partial charge on any atom is -0.431 e. The summed E-state index contributed by atoms with van der Waals surface area (Å²) in [6, 6.07) is 0. The highest BCUT2D eigenvalue weighted by molar-refractivity contribution is 7.94. The summed E-state index contributed by atoms with van der Waals surface area (Å²) in [5.74, 6) is -0.179. The molecule has 7 heteroatoms. The summed E-state index contributed by atoms with van der Waals surface area (Å²) in [6.07, 6.45) is 2.53. The molecule has 0 bridgehead atoms. The number of aromatic nitrogens is 2. The quantitative estimate of drug-likeness (QED) is 0.592. The number of amides is 1. The number of hydrogen-bond acceptors (Lipinski definition) is 6. The Hall–Kier alpha value is -0.690. The number of carbonyl (C=O) groups excluding carboxylic acids is 1. The van der Waals surface area contributed by atoms with Crippen LogP contribution in [0.5, 0.6) is 0 Å². The van der Waals surface area contributed by atoms with Gasteiger partial charge in [0.25, 0.3) is 0 Å². The van der Waals surface area contributed by atoms with E-state index in [2.05, 4.69) is 40.2 Å². The van der Waals surface area contributed by atoms with Crippen LogP contribution in [0.25, 0.3) is 0 Å². The van der Waals surface area contributed by atoms with Crippen molar-refractivity contribution in [1.29, 1.82) is 0 Å². The Morgan fingerprint density at radius 3 is 1.91 bits per heavy atom. The van der Waals surface area contributed by atoms with E-state index >= 15 is 0 Å². The van der Waals surface area contributed by atoms with Crippen molar-refractivity contribution < 1.29 is 9.21 Å². The third-order valence-corrected chi connectivity index (χ3v) is 1.13. The molecule has 0 unspecified atom stereocenters. The van der Waals surface area contributed by atoms with E-state index in [1.54, 1.807) is 0 Å². The zero-order valence-corrected chi connectivity index (χ0v) is 7.50. The van der Waals surface area contributed by atoms with Crippen LogP contribution in [0, 0.1) is 0 Å². The van der Waals surface area contributed by atoms with Gasteiger partial charge in [-0.25, -0.2) is 3.71 Å². The SMILES string of the molecule is CC(=O)N(S)S.c1nnco1. The van der Waals surface area contributed by atoms with Crippen LogP contribution in [0.15, 0.2) is 17.2 Å². The summed E-state index contributed by atoms with van der Waals surface area (Å²) < 4.78 is 5.28. The molecule has 0 saturated carbocycles. The maximum atomic E-state index is 9.92. The summed E-state index contributed by atoms with van der Waals surface area (Å²) in [5, 5.41) is 6.61. The lowest BCUT2D eigenvalue weighted by molar-refractivity contribution is -0.120. The van der Waals surface area contributed by atoms with Crippen molar-refractivity contribution in [1.82, 2.24) is 13.9 Å². The Labute approximate surface area is 74.9 Å². The van der Waals surface area contributed by atoms with Crippen molar-refractivity contribution >= 4 is 31.5 Å². The van der Waals surface area contributed by atoms with Crippen LogP contribution in [-0.2, 0) is 4.79 Å². The number of carbonyl (C=O) groups is 1. The second-order valence-electron chi connectivity index (χ2n) is 1.39. The van der Waals surface area contributed by atoms with Crippen molar-refractivity contribution in [3.8, 4) is 0 Å². The molecule has 0 radical (unpaired) electrons. The molecule has 0 aromatic carbocycles. The molecule has 0 spiro atoms. The van der Waals surface area contributed by atoms with Gasteiger partial charge in [-0.2, -0.15) is 0 Å². The van der Waals surface area contributed by atoms with Crippen molar-refractivity contribution in [3.63, 3.8) is 0 Å². The average Bonchev–Trinajstić information content (AvgIpc) is 2.41. The molecule has 0 aliphatic heterocycles. The Morgan fingerprint density at radius 1 is 1.45 bits per heavy atom. The first kappa shape index (κ1) is 10.3. The van der Waals surface area contributed by atoms with Crippen LogP contribution >= 0.6 is 25.6 Å². The molecular weight excluding hydrogens is 186 g/mol. The van der Waals surface area contributed by atoms with Crippen LogP contribution in [0.3, 0.4) is 0 Å². The summed E-state index contributed by atoms with van der Waals surface area (Å²) in [4.78, 5) is 9.92. The Kier molecular flexibility index (Phi) is 5.67. The first-order valence-corrected chi connectivity index (χ1v) is 3.32. The molecule has 0 aliphatic carbocycles. The van der Waals surface area contributed by atoms with E-state index in [0.29, 0.717) is 0 Å². The molecular formula is C4H7N3O2S2. The highest BCUT2D eigenvalue weighted by Gasteiger charge is 1.90. The second kappa shape index (κ2) is 6.05. The topological polar surface area (TPSA) is 59.2 Å². The van der Waals surface area contributed by atoms with E-state index in [0.717, 1.165) is 3.71 Å². The monoisotopic (exact) mass is 193 g/mol. The maximum Gasteiger partial charge on any atom is 0.239 e. The normalized spacial score (nSPS) is 7.91. The summed E-state index contributed by atoms with van der Waals surface area (Å²) >= 11 is 7.08. The molecule has 1 amide bonds. The van der Waals surface area contributed by atoms with Crippen molar-refractivity contribution in [2.45, 2.75) is 6.92 Å².